The minimum Gasteiger partial charge on any atom is -0.490 e. The predicted octanol–water partition coefficient (Wildman–Crippen LogP) is 3.86. The van der Waals surface area contributed by atoms with Gasteiger partial charge in [-0.1, -0.05) is 31.0 Å². The van der Waals surface area contributed by atoms with Crippen LogP contribution in [0.1, 0.15) is 50.2 Å². The first-order valence-electron chi connectivity index (χ1n) is 8.24. The Hall–Kier alpha value is -1.02. The molecule has 0 radical (unpaired) electrons. The van der Waals surface area contributed by atoms with E-state index in [4.69, 9.17) is 4.74 Å². The summed E-state index contributed by atoms with van der Waals surface area (Å²) in [5.41, 5.74) is 2.74. The quantitative estimate of drug-likeness (QED) is 0.814. The van der Waals surface area contributed by atoms with E-state index in [2.05, 4.69) is 37.4 Å². The predicted molar refractivity (Wildman–Crippen MR) is 83.3 cm³/mol. The molecule has 3 rings (SSSR count). The maximum absolute atomic E-state index is 6.13. The Bertz CT molecular complexity index is 453. The lowest BCUT2D eigenvalue weighted by Crippen LogP contribution is -2.28. The van der Waals surface area contributed by atoms with Gasteiger partial charge < -0.3 is 10.1 Å². The van der Waals surface area contributed by atoms with Crippen LogP contribution in [0, 0.1) is 12.8 Å². The molecule has 2 aliphatic rings. The molecule has 1 saturated carbocycles. The molecule has 1 aliphatic heterocycles. The van der Waals surface area contributed by atoms with E-state index in [1.165, 1.54) is 49.8 Å². The molecule has 0 bridgehead atoms. The van der Waals surface area contributed by atoms with Crippen LogP contribution in [0.4, 0.5) is 0 Å². The molecule has 1 fully saturated rings. The molecule has 1 N–H and O–H groups in total. The molecule has 0 amide bonds. The molecule has 1 aromatic carbocycles. The highest BCUT2D eigenvalue weighted by molar-refractivity contribution is 5.40. The lowest BCUT2D eigenvalue weighted by atomic mass is 9.94. The standard InChI is InChI=1S/C18H27NO/c1-3-4-14(12-19-16-6-7-16)10-17-11-15-9-13(2)5-8-18(15)20-17/h5,8-9,14,16-17,19H,3-4,6-7,10-12H2,1-2H3. The van der Waals surface area contributed by atoms with E-state index in [0.717, 1.165) is 24.1 Å². The van der Waals surface area contributed by atoms with Gasteiger partial charge in [0.25, 0.3) is 0 Å². The Balaban J connectivity index is 1.53. The van der Waals surface area contributed by atoms with E-state index in [-0.39, 0.29) is 0 Å². The van der Waals surface area contributed by atoms with Crippen molar-refractivity contribution in [2.24, 2.45) is 5.92 Å². The molecule has 2 unspecified atom stereocenters. The third-order valence-corrected chi connectivity index (χ3v) is 4.52. The Morgan fingerprint density at radius 2 is 2.20 bits per heavy atom. The summed E-state index contributed by atoms with van der Waals surface area (Å²) in [6, 6.07) is 7.40. The fourth-order valence-corrected chi connectivity index (χ4v) is 3.28. The van der Waals surface area contributed by atoms with Crippen molar-refractivity contribution in [3.8, 4) is 5.75 Å². The van der Waals surface area contributed by atoms with Crippen molar-refractivity contribution >= 4 is 0 Å². The number of ether oxygens (including phenoxy) is 1. The zero-order chi connectivity index (χ0) is 13.9. The van der Waals surface area contributed by atoms with Crippen LogP contribution in [0.3, 0.4) is 0 Å². The van der Waals surface area contributed by atoms with E-state index in [0.29, 0.717) is 6.10 Å². The second-order valence-electron chi connectivity index (χ2n) is 6.63. The molecule has 110 valence electrons. The van der Waals surface area contributed by atoms with Crippen LogP contribution >= 0.6 is 0 Å². The van der Waals surface area contributed by atoms with Crippen LogP contribution in [0.2, 0.25) is 0 Å². The first kappa shape index (κ1) is 13.9. The van der Waals surface area contributed by atoms with Crippen molar-refractivity contribution in [2.75, 3.05) is 6.54 Å². The molecule has 2 nitrogen and oxygen atoms in total. The fourth-order valence-electron chi connectivity index (χ4n) is 3.28. The monoisotopic (exact) mass is 273 g/mol. The van der Waals surface area contributed by atoms with E-state index < -0.39 is 0 Å². The maximum Gasteiger partial charge on any atom is 0.123 e. The van der Waals surface area contributed by atoms with E-state index in [1.54, 1.807) is 0 Å². The van der Waals surface area contributed by atoms with Gasteiger partial charge in [0.05, 0.1) is 0 Å². The number of nitrogens with one attached hydrogen (secondary N) is 1. The summed E-state index contributed by atoms with van der Waals surface area (Å²) >= 11 is 0. The van der Waals surface area contributed by atoms with Crippen molar-refractivity contribution < 1.29 is 4.74 Å². The molecule has 0 aromatic heterocycles. The third-order valence-electron chi connectivity index (χ3n) is 4.52. The number of aryl methyl sites for hydroxylation is 1. The van der Waals surface area contributed by atoms with Gasteiger partial charge >= 0.3 is 0 Å². The zero-order valence-corrected chi connectivity index (χ0v) is 12.8. The smallest absolute Gasteiger partial charge is 0.123 e. The number of benzene rings is 1. The summed E-state index contributed by atoms with van der Waals surface area (Å²) in [5, 5.41) is 3.69. The average Bonchev–Trinajstić information content (AvgIpc) is 3.16. The highest BCUT2D eigenvalue weighted by Crippen LogP contribution is 2.32. The van der Waals surface area contributed by atoms with Gasteiger partial charge in [-0.2, -0.15) is 0 Å². The summed E-state index contributed by atoms with van der Waals surface area (Å²) in [6.07, 6.45) is 8.03. The first-order valence-corrected chi connectivity index (χ1v) is 8.24. The molecule has 1 aromatic rings. The molecule has 1 heterocycles. The van der Waals surface area contributed by atoms with Gasteiger partial charge in [0.15, 0.2) is 0 Å². The molecule has 20 heavy (non-hydrogen) atoms. The van der Waals surface area contributed by atoms with Crippen molar-refractivity contribution in [1.82, 2.24) is 5.32 Å². The van der Waals surface area contributed by atoms with Crippen molar-refractivity contribution in [3.05, 3.63) is 29.3 Å². The molecule has 2 heteroatoms. The third kappa shape index (κ3) is 3.54. The van der Waals surface area contributed by atoms with Crippen LogP contribution in [0.5, 0.6) is 5.75 Å². The van der Waals surface area contributed by atoms with E-state index in [1.807, 2.05) is 0 Å². The highest BCUT2D eigenvalue weighted by Gasteiger charge is 2.27. The molecule has 2 atom stereocenters. The summed E-state index contributed by atoms with van der Waals surface area (Å²) in [5.74, 6) is 1.88. The number of hydrogen-bond acceptors (Lipinski definition) is 2. The SMILES string of the molecule is CCCC(CNC1CC1)CC1Cc2cc(C)ccc2O1. The summed E-state index contributed by atoms with van der Waals surface area (Å²) in [7, 11) is 0. The Labute approximate surface area is 122 Å². The zero-order valence-electron chi connectivity index (χ0n) is 12.8. The Morgan fingerprint density at radius 1 is 1.35 bits per heavy atom. The van der Waals surface area contributed by atoms with Gasteiger partial charge in [0.1, 0.15) is 11.9 Å². The van der Waals surface area contributed by atoms with Crippen molar-refractivity contribution in [2.45, 2.75) is 64.5 Å². The number of fused-ring (bicyclic) bond motifs is 1. The minimum absolute atomic E-state index is 0.393. The van der Waals surface area contributed by atoms with Crippen LogP contribution in [-0.4, -0.2) is 18.7 Å². The van der Waals surface area contributed by atoms with E-state index in [9.17, 15) is 0 Å². The summed E-state index contributed by atoms with van der Waals surface area (Å²) in [4.78, 5) is 0. The van der Waals surface area contributed by atoms with Gasteiger partial charge in [-0.3, -0.25) is 0 Å². The van der Waals surface area contributed by atoms with Crippen molar-refractivity contribution in [1.29, 1.82) is 0 Å². The van der Waals surface area contributed by atoms with Crippen LogP contribution in [0.25, 0.3) is 0 Å². The number of hydrogen-bond donors (Lipinski definition) is 1. The molecule has 0 spiro atoms. The molecule has 1 aliphatic carbocycles. The topological polar surface area (TPSA) is 21.3 Å². The van der Waals surface area contributed by atoms with E-state index >= 15 is 0 Å². The van der Waals surface area contributed by atoms with Gasteiger partial charge in [0, 0.05) is 12.5 Å². The average molecular weight is 273 g/mol. The van der Waals surface area contributed by atoms with Gasteiger partial charge in [-0.25, -0.2) is 0 Å². The number of rotatable bonds is 7. The fraction of sp³-hybridized carbons (Fsp3) is 0.667. The van der Waals surface area contributed by atoms with Crippen LogP contribution in [0.15, 0.2) is 18.2 Å². The second-order valence-corrected chi connectivity index (χ2v) is 6.63. The van der Waals surface area contributed by atoms with Gasteiger partial charge in [-0.05, 0) is 56.7 Å². The second kappa shape index (κ2) is 6.17. The lowest BCUT2D eigenvalue weighted by Gasteiger charge is -2.20. The Morgan fingerprint density at radius 3 is 2.95 bits per heavy atom. The maximum atomic E-state index is 6.13. The first-order chi connectivity index (χ1) is 9.74. The van der Waals surface area contributed by atoms with Crippen LogP contribution in [-0.2, 0) is 6.42 Å². The van der Waals surface area contributed by atoms with Gasteiger partial charge in [-0.15, -0.1) is 0 Å². The van der Waals surface area contributed by atoms with Crippen LogP contribution < -0.4 is 10.1 Å². The Kier molecular flexibility index (Phi) is 4.30. The molecule has 0 saturated heterocycles. The highest BCUT2D eigenvalue weighted by atomic mass is 16.5. The largest absolute Gasteiger partial charge is 0.490 e. The minimum atomic E-state index is 0.393. The normalized spacial score (nSPS) is 22.4. The molecular weight excluding hydrogens is 246 g/mol. The molecular formula is C18H27NO. The summed E-state index contributed by atoms with van der Waals surface area (Å²) < 4.78 is 6.13. The van der Waals surface area contributed by atoms with Crippen molar-refractivity contribution in [3.63, 3.8) is 0 Å². The summed E-state index contributed by atoms with van der Waals surface area (Å²) in [6.45, 7) is 5.62. The lowest BCUT2D eigenvalue weighted by molar-refractivity contribution is 0.187. The van der Waals surface area contributed by atoms with Gasteiger partial charge in [0.2, 0.25) is 0 Å².